The average molecular weight is 375 g/mol. The summed E-state index contributed by atoms with van der Waals surface area (Å²) in [5.74, 6) is -0.173. The minimum Gasteiger partial charge on any atom is -0.494 e. The third kappa shape index (κ3) is 3.55. The first-order chi connectivity index (χ1) is 13.7. The number of aromatic amines is 1. The van der Waals surface area contributed by atoms with E-state index in [9.17, 15) is 9.90 Å². The average Bonchev–Trinajstić information content (AvgIpc) is 3.34. The zero-order valence-electron chi connectivity index (χ0n) is 15.4. The zero-order chi connectivity index (χ0) is 19.5. The van der Waals surface area contributed by atoms with Crippen molar-refractivity contribution in [2.45, 2.75) is 12.8 Å². The first-order valence-corrected chi connectivity index (χ1v) is 9.37. The molecule has 7 nitrogen and oxygen atoms in total. The summed E-state index contributed by atoms with van der Waals surface area (Å²) in [6.07, 6.45) is 3.97. The van der Waals surface area contributed by atoms with Crippen LogP contribution in [0.4, 0.5) is 0 Å². The van der Waals surface area contributed by atoms with Gasteiger partial charge in [0, 0.05) is 30.2 Å². The van der Waals surface area contributed by atoms with Crippen LogP contribution in [0.5, 0.6) is 5.88 Å². The lowest BCUT2D eigenvalue weighted by Crippen LogP contribution is -2.33. The normalized spacial score (nSPS) is 14.2. The van der Waals surface area contributed by atoms with Crippen molar-refractivity contribution in [3.63, 3.8) is 0 Å². The fourth-order valence-corrected chi connectivity index (χ4v) is 3.62. The van der Waals surface area contributed by atoms with E-state index in [0.717, 1.165) is 25.2 Å². The van der Waals surface area contributed by atoms with Crippen LogP contribution in [0.15, 0.2) is 36.5 Å². The summed E-state index contributed by atoms with van der Waals surface area (Å²) in [5.41, 5.74) is 2.75. The quantitative estimate of drug-likeness (QED) is 0.636. The van der Waals surface area contributed by atoms with Gasteiger partial charge in [-0.05, 0) is 56.3 Å². The largest absolute Gasteiger partial charge is 0.494 e. The number of hydrogen-bond acceptors (Lipinski definition) is 5. The predicted octanol–water partition coefficient (Wildman–Crippen LogP) is 2.63. The molecular formula is C21H21N5O2. The lowest BCUT2D eigenvalue weighted by Gasteiger charge is -2.14. The van der Waals surface area contributed by atoms with Crippen molar-refractivity contribution >= 4 is 16.8 Å². The van der Waals surface area contributed by atoms with Gasteiger partial charge in [-0.2, -0.15) is 5.26 Å². The molecular weight excluding hydrogens is 354 g/mol. The molecule has 1 aromatic carbocycles. The lowest BCUT2D eigenvalue weighted by atomic mass is 10.1. The molecule has 3 aromatic rings. The molecule has 0 atom stereocenters. The topological polar surface area (TPSA) is 105 Å². The van der Waals surface area contributed by atoms with E-state index in [1.165, 1.54) is 19.0 Å². The van der Waals surface area contributed by atoms with Crippen molar-refractivity contribution in [3.05, 3.63) is 47.7 Å². The van der Waals surface area contributed by atoms with Crippen LogP contribution in [0.1, 0.15) is 28.8 Å². The molecule has 1 fully saturated rings. The maximum Gasteiger partial charge on any atom is 0.252 e. The molecule has 142 valence electrons. The van der Waals surface area contributed by atoms with Gasteiger partial charge in [0.15, 0.2) is 5.88 Å². The van der Waals surface area contributed by atoms with Gasteiger partial charge in [0.1, 0.15) is 0 Å². The number of aromatic hydroxyl groups is 1. The Morgan fingerprint density at radius 2 is 2.11 bits per heavy atom. The highest BCUT2D eigenvalue weighted by molar-refractivity contribution is 5.99. The van der Waals surface area contributed by atoms with Gasteiger partial charge in [0.05, 0.1) is 28.5 Å². The second-order valence-corrected chi connectivity index (χ2v) is 6.96. The summed E-state index contributed by atoms with van der Waals surface area (Å²) in [7, 11) is 0. The molecule has 0 radical (unpaired) electrons. The monoisotopic (exact) mass is 375 g/mol. The molecule has 1 aliphatic rings. The van der Waals surface area contributed by atoms with Crippen molar-refractivity contribution in [1.29, 1.82) is 5.26 Å². The summed E-state index contributed by atoms with van der Waals surface area (Å²) in [6, 6.07) is 10.6. The highest BCUT2D eigenvalue weighted by Crippen LogP contribution is 2.35. The Hall–Kier alpha value is -3.37. The van der Waals surface area contributed by atoms with Crippen molar-refractivity contribution in [2.75, 3.05) is 26.2 Å². The van der Waals surface area contributed by atoms with E-state index in [4.69, 9.17) is 5.26 Å². The number of fused-ring (bicyclic) bond motifs is 1. The Morgan fingerprint density at radius 1 is 1.29 bits per heavy atom. The maximum absolute atomic E-state index is 12.3. The molecule has 0 spiro atoms. The summed E-state index contributed by atoms with van der Waals surface area (Å²) < 4.78 is 0. The third-order valence-corrected chi connectivity index (χ3v) is 5.10. The van der Waals surface area contributed by atoms with Crippen LogP contribution in [0.2, 0.25) is 0 Å². The molecule has 3 heterocycles. The Kier molecular flexibility index (Phi) is 4.96. The number of nitrogens with one attached hydrogen (secondary N) is 2. The highest BCUT2D eigenvalue weighted by atomic mass is 16.3. The zero-order valence-corrected chi connectivity index (χ0v) is 15.4. The van der Waals surface area contributed by atoms with Crippen LogP contribution in [-0.4, -0.2) is 52.1 Å². The molecule has 0 unspecified atom stereocenters. The molecule has 28 heavy (non-hydrogen) atoms. The number of carbonyl (C=O) groups is 1. The van der Waals surface area contributed by atoms with Gasteiger partial charge >= 0.3 is 0 Å². The minimum absolute atomic E-state index is 0.0135. The highest BCUT2D eigenvalue weighted by Gasteiger charge is 2.16. The smallest absolute Gasteiger partial charge is 0.252 e. The van der Waals surface area contributed by atoms with E-state index >= 15 is 0 Å². The molecule has 3 N–H and O–H groups in total. The van der Waals surface area contributed by atoms with Crippen molar-refractivity contribution in [3.8, 4) is 23.2 Å². The summed E-state index contributed by atoms with van der Waals surface area (Å²) >= 11 is 0. The Balaban J connectivity index is 1.50. The molecule has 7 heteroatoms. The number of nitriles is 1. The van der Waals surface area contributed by atoms with Crippen LogP contribution >= 0.6 is 0 Å². The molecule has 0 aliphatic carbocycles. The lowest BCUT2D eigenvalue weighted by molar-refractivity contribution is 0.0949. The van der Waals surface area contributed by atoms with Crippen LogP contribution in [0.25, 0.3) is 22.2 Å². The number of hydrogen-bond donors (Lipinski definition) is 3. The number of likely N-dealkylation sites (tertiary alicyclic amines) is 1. The summed E-state index contributed by atoms with van der Waals surface area (Å²) in [4.78, 5) is 21.9. The standard InChI is InChI=1S/C21H21N5O2/c22-12-14-3-5-17-16(11-14)19(21(28)25-17)18-6-4-15(13-24-18)20(27)23-7-10-26-8-1-2-9-26/h3-6,11,13,25,28H,1-2,7-10H2,(H,23,27). The van der Waals surface area contributed by atoms with Crippen molar-refractivity contribution in [1.82, 2.24) is 20.2 Å². The van der Waals surface area contributed by atoms with E-state index in [-0.39, 0.29) is 11.8 Å². The number of aromatic nitrogens is 2. The van der Waals surface area contributed by atoms with Crippen LogP contribution < -0.4 is 5.32 Å². The minimum atomic E-state index is -0.159. The van der Waals surface area contributed by atoms with E-state index in [0.29, 0.717) is 34.3 Å². The molecule has 2 aromatic heterocycles. The van der Waals surface area contributed by atoms with Gasteiger partial charge in [-0.3, -0.25) is 9.78 Å². The van der Waals surface area contributed by atoms with Crippen molar-refractivity contribution in [2.24, 2.45) is 0 Å². The first-order valence-electron chi connectivity index (χ1n) is 9.37. The van der Waals surface area contributed by atoms with Crippen LogP contribution in [0, 0.1) is 11.3 Å². The number of rotatable bonds is 5. The number of benzene rings is 1. The Bertz CT molecular complexity index is 1040. The fraction of sp³-hybridized carbons (Fsp3) is 0.286. The van der Waals surface area contributed by atoms with Crippen LogP contribution in [-0.2, 0) is 0 Å². The number of nitrogens with zero attached hydrogens (tertiary/aromatic N) is 3. The van der Waals surface area contributed by atoms with E-state index < -0.39 is 0 Å². The predicted molar refractivity (Wildman–Crippen MR) is 106 cm³/mol. The van der Waals surface area contributed by atoms with E-state index in [1.807, 2.05) is 0 Å². The van der Waals surface area contributed by atoms with E-state index in [2.05, 4.69) is 26.3 Å². The second kappa shape index (κ2) is 7.71. The number of H-pyrrole nitrogens is 1. The number of carbonyl (C=O) groups excluding carboxylic acids is 1. The molecule has 1 amide bonds. The first kappa shape index (κ1) is 18.0. The molecule has 1 aliphatic heterocycles. The molecule has 4 rings (SSSR count). The van der Waals surface area contributed by atoms with Gasteiger partial charge in [-0.15, -0.1) is 0 Å². The Morgan fingerprint density at radius 3 is 2.82 bits per heavy atom. The van der Waals surface area contributed by atoms with Gasteiger partial charge in [0.25, 0.3) is 5.91 Å². The van der Waals surface area contributed by atoms with Gasteiger partial charge in [-0.1, -0.05) is 0 Å². The van der Waals surface area contributed by atoms with Gasteiger partial charge in [0.2, 0.25) is 0 Å². The van der Waals surface area contributed by atoms with Crippen LogP contribution in [0.3, 0.4) is 0 Å². The Labute approximate surface area is 162 Å². The number of pyridine rings is 1. The van der Waals surface area contributed by atoms with Gasteiger partial charge in [-0.25, -0.2) is 0 Å². The molecule has 1 saturated heterocycles. The fourth-order valence-electron chi connectivity index (χ4n) is 3.62. The summed E-state index contributed by atoms with van der Waals surface area (Å²) in [5, 5.41) is 23.0. The van der Waals surface area contributed by atoms with E-state index in [1.54, 1.807) is 30.3 Å². The molecule has 0 saturated carbocycles. The third-order valence-electron chi connectivity index (χ3n) is 5.10. The second-order valence-electron chi connectivity index (χ2n) is 6.96. The number of amides is 1. The van der Waals surface area contributed by atoms with Gasteiger partial charge < -0.3 is 20.3 Å². The summed E-state index contributed by atoms with van der Waals surface area (Å²) in [6.45, 7) is 3.68. The maximum atomic E-state index is 12.3. The SMILES string of the molecule is N#Cc1ccc2[nH]c(O)c(-c3ccc(C(=O)NCCN4CCCC4)cn3)c2c1. The van der Waals surface area contributed by atoms with Crippen molar-refractivity contribution < 1.29 is 9.90 Å². The molecule has 0 bridgehead atoms.